The van der Waals surface area contributed by atoms with E-state index in [1.54, 1.807) is 14.2 Å². The van der Waals surface area contributed by atoms with Crippen molar-refractivity contribution in [1.82, 2.24) is 15.1 Å². The lowest BCUT2D eigenvalue weighted by Gasteiger charge is -2.35. The second kappa shape index (κ2) is 8.51. The van der Waals surface area contributed by atoms with E-state index in [4.69, 9.17) is 9.47 Å². The number of nitrogens with zero attached hydrogens (tertiary/aromatic N) is 2. The summed E-state index contributed by atoms with van der Waals surface area (Å²) in [6.45, 7) is 3.13. The van der Waals surface area contributed by atoms with E-state index >= 15 is 0 Å². The molecule has 7 nitrogen and oxygen atoms in total. The molecule has 0 radical (unpaired) electrons. The van der Waals surface area contributed by atoms with Crippen molar-refractivity contribution in [2.24, 2.45) is 0 Å². The molecule has 2 aliphatic rings. The van der Waals surface area contributed by atoms with Crippen LogP contribution in [-0.2, 0) is 14.3 Å². The van der Waals surface area contributed by atoms with Gasteiger partial charge < -0.3 is 19.7 Å². The first-order valence-corrected chi connectivity index (χ1v) is 9.13. The summed E-state index contributed by atoms with van der Waals surface area (Å²) in [7, 11) is 3.25. The molecule has 2 unspecified atom stereocenters. The number of morpholine rings is 1. The molecule has 0 spiro atoms. The van der Waals surface area contributed by atoms with Crippen molar-refractivity contribution >= 4 is 11.8 Å². The Morgan fingerprint density at radius 3 is 2.50 bits per heavy atom. The SMILES string of the molecule is CNC(=O)C(c1ccc(OC)cc1)N1CCCC1C(=O)N1CCOCC1. The van der Waals surface area contributed by atoms with E-state index in [1.165, 1.54) is 0 Å². The van der Waals surface area contributed by atoms with E-state index in [0.29, 0.717) is 26.3 Å². The van der Waals surface area contributed by atoms with Crippen molar-refractivity contribution in [1.29, 1.82) is 0 Å². The summed E-state index contributed by atoms with van der Waals surface area (Å²) in [6, 6.07) is 6.74. The van der Waals surface area contributed by atoms with Gasteiger partial charge in [-0.25, -0.2) is 0 Å². The fraction of sp³-hybridized carbons (Fsp3) is 0.579. The van der Waals surface area contributed by atoms with Gasteiger partial charge in [-0.15, -0.1) is 0 Å². The summed E-state index contributed by atoms with van der Waals surface area (Å²) >= 11 is 0. The monoisotopic (exact) mass is 361 g/mol. The fourth-order valence-electron chi connectivity index (χ4n) is 3.77. The van der Waals surface area contributed by atoms with Crippen molar-refractivity contribution in [2.45, 2.75) is 24.9 Å². The van der Waals surface area contributed by atoms with Crippen LogP contribution in [0.3, 0.4) is 0 Å². The van der Waals surface area contributed by atoms with E-state index in [2.05, 4.69) is 5.32 Å². The Labute approximate surface area is 154 Å². The maximum absolute atomic E-state index is 13.0. The Balaban J connectivity index is 1.84. The molecule has 26 heavy (non-hydrogen) atoms. The van der Waals surface area contributed by atoms with Crippen LogP contribution in [0.4, 0.5) is 0 Å². The Kier molecular flexibility index (Phi) is 6.11. The standard InChI is InChI=1S/C19H27N3O4/c1-20-18(23)17(14-5-7-15(25-2)8-6-14)22-9-3-4-16(22)19(24)21-10-12-26-13-11-21/h5-8,16-17H,3-4,9-13H2,1-2H3,(H,20,23). The summed E-state index contributed by atoms with van der Waals surface area (Å²) in [4.78, 5) is 29.6. The lowest BCUT2D eigenvalue weighted by Crippen LogP contribution is -2.52. The molecule has 7 heteroatoms. The van der Waals surface area contributed by atoms with Crippen LogP contribution in [0.15, 0.2) is 24.3 Å². The van der Waals surface area contributed by atoms with E-state index in [1.807, 2.05) is 34.1 Å². The normalized spacial score (nSPS) is 22.1. The van der Waals surface area contributed by atoms with Gasteiger partial charge >= 0.3 is 0 Å². The Morgan fingerprint density at radius 2 is 1.88 bits per heavy atom. The fourth-order valence-corrected chi connectivity index (χ4v) is 3.77. The largest absolute Gasteiger partial charge is 0.497 e. The Hall–Kier alpha value is -2.12. The number of hydrogen-bond acceptors (Lipinski definition) is 5. The molecule has 2 aliphatic heterocycles. The number of likely N-dealkylation sites (tertiary alicyclic amines) is 1. The zero-order valence-electron chi connectivity index (χ0n) is 15.4. The van der Waals surface area contributed by atoms with Gasteiger partial charge in [-0.1, -0.05) is 12.1 Å². The molecule has 1 aromatic carbocycles. The number of rotatable bonds is 5. The number of likely N-dealkylation sites (N-methyl/N-ethyl adjacent to an activating group) is 1. The van der Waals surface area contributed by atoms with Crippen molar-refractivity contribution in [3.05, 3.63) is 29.8 Å². The molecule has 0 bridgehead atoms. The van der Waals surface area contributed by atoms with Crippen molar-refractivity contribution < 1.29 is 19.1 Å². The highest BCUT2D eigenvalue weighted by atomic mass is 16.5. The van der Waals surface area contributed by atoms with E-state index in [0.717, 1.165) is 30.7 Å². The summed E-state index contributed by atoms with van der Waals surface area (Å²) in [5, 5.41) is 2.75. The van der Waals surface area contributed by atoms with Crippen LogP contribution in [0.1, 0.15) is 24.4 Å². The zero-order valence-corrected chi connectivity index (χ0v) is 15.4. The van der Waals surface area contributed by atoms with Crippen molar-refractivity contribution in [3.63, 3.8) is 0 Å². The molecule has 1 N–H and O–H groups in total. The first-order chi connectivity index (χ1) is 12.7. The number of hydrogen-bond donors (Lipinski definition) is 1. The number of nitrogens with one attached hydrogen (secondary N) is 1. The van der Waals surface area contributed by atoms with Crippen LogP contribution in [0.25, 0.3) is 0 Å². The van der Waals surface area contributed by atoms with Crippen LogP contribution in [-0.4, -0.2) is 74.7 Å². The maximum atomic E-state index is 13.0. The smallest absolute Gasteiger partial charge is 0.241 e. The molecule has 2 atom stereocenters. The highest BCUT2D eigenvalue weighted by Gasteiger charge is 2.40. The highest BCUT2D eigenvalue weighted by molar-refractivity contribution is 5.86. The third-order valence-corrected chi connectivity index (χ3v) is 5.16. The molecule has 0 aliphatic carbocycles. The van der Waals surface area contributed by atoms with Gasteiger partial charge in [-0.3, -0.25) is 14.5 Å². The van der Waals surface area contributed by atoms with Gasteiger partial charge in [-0.05, 0) is 30.5 Å². The van der Waals surface area contributed by atoms with Gasteiger partial charge in [0.2, 0.25) is 11.8 Å². The zero-order chi connectivity index (χ0) is 18.5. The molecular weight excluding hydrogens is 334 g/mol. The van der Waals surface area contributed by atoms with Crippen molar-refractivity contribution in [2.75, 3.05) is 47.0 Å². The number of benzene rings is 1. The molecule has 2 saturated heterocycles. The molecule has 2 heterocycles. The maximum Gasteiger partial charge on any atom is 0.241 e. The highest BCUT2D eigenvalue weighted by Crippen LogP contribution is 2.31. The average Bonchev–Trinajstić information content (AvgIpc) is 3.17. The minimum atomic E-state index is -0.483. The molecular formula is C19H27N3O4. The van der Waals surface area contributed by atoms with Crippen LogP contribution >= 0.6 is 0 Å². The van der Waals surface area contributed by atoms with Crippen LogP contribution in [0.5, 0.6) is 5.75 Å². The minimum Gasteiger partial charge on any atom is -0.497 e. The first-order valence-electron chi connectivity index (χ1n) is 9.13. The summed E-state index contributed by atoms with van der Waals surface area (Å²) in [6.07, 6.45) is 1.68. The number of carbonyl (C=O) groups excluding carboxylic acids is 2. The summed E-state index contributed by atoms with van der Waals surface area (Å²) < 4.78 is 10.6. The Bertz CT molecular complexity index is 628. The van der Waals surface area contributed by atoms with Crippen LogP contribution < -0.4 is 10.1 Å². The second-order valence-electron chi connectivity index (χ2n) is 6.62. The van der Waals surface area contributed by atoms with Gasteiger partial charge in [0, 0.05) is 26.7 Å². The Morgan fingerprint density at radius 1 is 1.19 bits per heavy atom. The van der Waals surface area contributed by atoms with E-state index < -0.39 is 6.04 Å². The van der Waals surface area contributed by atoms with Crippen molar-refractivity contribution in [3.8, 4) is 5.75 Å². The predicted octanol–water partition coefficient (Wildman–Crippen LogP) is 0.806. The van der Waals surface area contributed by atoms with Gasteiger partial charge in [0.25, 0.3) is 0 Å². The molecule has 142 valence electrons. The summed E-state index contributed by atoms with van der Waals surface area (Å²) in [5.74, 6) is 0.747. The molecule has 1 aromatic rings. The third-order valence-electron chi connectivity index (χ3n) is 5.16. The molecule has 0 saturated carbocycles. The molecule has 2 fully saturated rings. The van der Waals surface area contributed by atoms with Crippen LogP contribution in [0, 0.1) is 0 Å². The quantitative estimate of drug-likeness (QED) is 0.840. The number of carbonyl (C=O) groups is 2. The molecule has 2 amide bonds. The van der Waals surface area contributed by atoms with Gasteiger partial charge in [-0.2, -0.15) is 0 Å². The average molecular weight is 361 g/mol. The topological polar surface area (TPSA) is 71.1 Å². The molecule has 0 aromatic heterocycles. The van der Waals surface area contributed by atoms with E-state index in [9.17, 15) is 9.59 Å². The summed E-state index contributed by atoms with van der Waals surface area (Å²) in [5.41, 5.74) is 0.867. The third kappa shape index (κ3) is 3.83. The van der Waals surface area contributed by atoms with Crippen LogP contribution in [0.2, 0.25) is 0 Å². The predicted molar refractivity (Wildman–Crippen MR) is 96.9 cm³/mol. The molecule has 3 rings (SSSR count). The van der Waals surface area contributed by atoms with Gasteiger partial charge in [0.1, 0.15) is 11.8 Å². The lowest BCUT2D eigenvalue weighted by atomic mass is 10.0. The first kappa shape index (κ1) is 18.7. The van der Waals surface area contributed by atoms with E-state index in [-0.39, 0.29) is 17.9 Å². The van der Waals surface area contributed by atoms with Gasteiger partial charge in [0.15, 0.2) is 0 Å². The van der Waals surface area contributed by atoms with Gasteiger partial charge in [0.05, 0.1) is 26.4 Å². The lowest BCUT2D eigenvalue weighted by molar-refractivity contribution is -0.142. The minimum absolute atomic E-state index is 0.100. The number of amides is 2. The second-order valence-corrected chi connectivity index (χ2v) is 6.62. The number of ether oxygens (including phenoxy) is 2. The number of methoxy groups -OCH3 is 1.